The fraction of sp³-hybridized carbons (Fsp3) is 0.350. The largest absolute Gasteiger partial charge is 0.494 e. The van der Waals surface area contributed by atoms with E-state index in [9.17, 15) is 4.79 Å². The van der Waals surface area contributed by atoms with E-state index in [-0.39, 0.29) is 11.9 Å². The fourth-order valence-corrected chi connectivity index (χ4v) is 2.81. The van der Waals surface area contributed by atoms with Crippen molar-refractivity contribution in [1.29, 1.82) is 0 Å². The van der Waals surface area contributed by atoms with Gasteiger partial charge < -0.3 is 15.0 Å². The van der Waals surface area contributed by atoms with Crippen LogP contribution in [0.2, 0.25) is 5.02 Å². The van der Waals surface area contributed by atoms with Crippen LogP contribution < -0.4 is 15.0 Å². The maximum atomic E-state index is 12.3. The zero-order valence-electron chi connectivity index (χ0n) is 15.0. The number of hydrogen-bond acceptors (Lipinski definition) is 2. The Morgan fingerprint density at radius 2 is 1.80 bits per heavy atom. The molecular weight excluding hydrogens is 336 g/mol. The van der Waals surface area contributed by atoms with E-state index in [1.165, 1.54) is 5.56 Å². The van der Waals surface area contributed by atoms with Gasteiger partial charge in [-0.25, -0.2) is 0 Å². The standard InChI is InChI=1S/C20H25ClN2O2/c1-4-25-19-11-5-16(6-12-19)13-23(3)14-20(24)22-15(2)17-7-9-18(21)10-8-17/h5-12,15H,4,13-14H2,1-3H3,(H,22,24)/p+1/t15-/m0/s1. The molecule has 5 heteroatoms. The van der Waals surface area contributed by atoms with Gasteiger partial charge >= 0.3 is 0 Å². The summed E-state index contributed by atoms with van der Waals surface area (Å²) in [4.78, 5) is 13.4. The second kappa shape index (κ2) is 9.44. The van der Waals surface area contributed by atoms with Gasteiger partial charge in [-0.05, 0) is 55.8 Å². The molecule has 0 aromatic heterocycles. The second-order valence-corrected chi connectivity index (χ2v) is 6.66. The summed E-state index contributed by atoms with van der Waals surface area (Å²) in [6.07, 6.45) is 0. The summed E-state index contributed by atoms with van der Waals surface area (Å²) in [5.74, 6) is 0.907. The number of hydrogen-bond donors (Lipinski definition) is 2. The number of rotatable bonds is 8. The van der Waals surface area contributed by atoms with Gasteiger partial charge in [0.2, 0.25) is 0 Å². The average Bonchev–Trinajstić information content (AvgIpc) is 2.57. The Bertz CT molecular complexity index is 671. The zero-order chi connectivity index (χ0) is 18.2. The third-order valence-electron chi connectivity index (χ3n) is 3.95. The van der Waals surface area contributed by atoms with Crippen molar-refractivity contribution in [2.45, 2.75) is 26.4 Å². The number of ether oxygens (including phenoxy) is 1. The molecule has 25 heavy (non-hydrogen) atoms. The highest BCUT2D eigenvalue weighted by Crippen LogP contribution is 2.15. The molecule has 2 N–H and O–H groups in total. The van der Waals surface area contributed by atoms with Crippen molar-refractivity contribution in [3.8, 4) is 5.75 Å². The number of carbonyl (C=O) groups is 1. The molecule has 134 valence electrons. The first kappa shape index (κ1) is 19.3. The van der Waals surface area contributed by atoms with Gasteiger partial charge in [0.1, 0.15) is 12.3 Å². The molecule has 0 spiro atoms. The molecule has 2 aromatic rings. The molecule has 0 heterocycles. The number of likely N-dealkylation sites (N-methyl/N-ethyl adjacent to an activating group) is 1. The van der Waals surface area contributed by atoms with Crippen molar-refractivity contribution in [1.82, 2.24) is 5.32 Å². The van der Waals surface area contributed by atoms with Crippen molar-refractivity contribution in [2.24, 2.45) is 0 Å². The van der Waals surface area contributed by atoms with Crippen molar-refractivity contribution in [3.05, 3.63) is 64.7 Å². The molecule has 0 aliphatic heterocycles. The predicted molar refractivity (Wildman–Crippen MR) is 101 cm³/mol. The molecular formula is C20H26ClN2O2+. The lowest BCUT2D eigenvalue weighted by Gasteiger charge is -2.17. The quantitative estimate of drug-likeness (QED) is 0.759. The zero-order valence-corrected chi connectivity index (χ0v) is 15.8. The molecule has 0 fully saturated rings. The van der Waals surface area contributed by atoms with Crippen LogP contribution in [0.5, 0.6) is 5.75 Å². The van der Waals surface area contributed by atoms with Crippen LogP contribution >= 0.6 is 11.6 Å². The Hall–Kier alpha value is -2.04. The number of halogens is 1. The van der Waals surface area contributed by atoms with Gasteiger partial charge in [-0.1, -0.05) is 23.7 Å². The second-order valence-electron chi connectivity index (χ2n) is 6.23. The van der Waals surface area contributed by atoms with Crippen LogP contribution in [0.15, 0.2) is 48.5 Å². The Labute approximate surface area is 154 Å². The Morgan fingerprint density at radius 1 is 1.16 bits per heavy atom. The molecule has 0 aliphatic rings. The van der Waals surface area contributed by atoms with Crippen LogP contribution in [-0.4, -0.2) is 26.1 Å². The van der Waals surface area contributed by atoms with Gasteiger partial charge in [0.05, 0.1) is 19.7 Å². The topological polar surface area (TPSA) is 42.8 Å². The molecule has 2 aromatic carbocycles. The average molecular weight is 362 g/mol. The highest BCUT2D eigenvalue weighted by molar-refractivity contribution is 6.30. The van der Waals surface area contributed by atoms with E-state index in [1.54, 1.807) is 0 Å². The summed E-state index contributed by atoms with van der Waals surface area (Å²) >= 11 is 5.90. The number of nitrogens with one attached hydrogen (secondary N) is 2. The minimum atomic E-state index is -0.0388. The molecule has 2 atom stereocenters. The molecule has 0 bridgehead atoms. The molecule has 1 amide bonds. The van der Waals surface area contributed by atoms with Crippen molar-refractivity contribution >= 4 is 17.5 Å². The Kier molecular flexibility index (Phi) is 7.29. The fourth-order valence-electron chi connectivity index (χ4n) is 2.68. The third-order valence-corrected chi connectivity index (χ3v) is 4.20. The summed E-state index contributed by atoms with van der Waals surface area (Å²) in [7, 11) is 2.02. The summed E-state index contributed by atoms with van der Waals surface area (Å²) in [6, 6.07) is 15.5. The minimum absolute atomic E-state index is 0.0332. The lowest BCUT2D eigenvalue weighted by atomic mass is 10.1. The lowest BCUT2D eigenvalue weighted by Crippen LogP contribution is -3.08. The van der Waals surface area contributed by atoms with E-state index < -0.39 is 0 Å². The first-order chi connectivity index (χ1) is 12.0. The van der Waals surface area contributed by atoms with Crippen LogP contribution in [0.4, 0.5) is 0 Å². The first-order valence-electron chi connectivity index (χ1n) is 8.55. The number of amides is 1. The molecule has 0 saturated heterocycles. The van der Waals surface area contributed by atoms with E-state index in [0.717, 1.165) is 22.8 Å². The smallest absolute Gasteiger partial charge is 0.275 e. The van der Waals surface area contributed by atoms with Crippen LogP contribution in [0.25, 0.3) is 0 Å². The van der Waals surface area contributed by atoms with E-state index in [1.807, 2.05) is 69.4 Å². The van der Waals surface area contributed by atoms with E-state index in [4.69, 9.17) is 16.3 Å². The van der Waals surface area contributed by atoms with Crippen molar-refractivity contribution in [2.75, 3.05) is 20.2 Å². The van der Waals surface area contributed by atoms with Crippen LogP contribution in [0, 0.1) is 0 Å². The Balaban J connectivity index is 1.81. The highest BCUT2D eigenvalue weighted by Gasteiger charge is 2.14. The SMILES string of the molecule is CCOc1ccc(C[NH+](C)CC(=O)N[C@@H](C)c2ccc(Cl)cc2)cc1. The van der Waals surface area contributed by atoms with E-state index in [0.29, 0.717) is 18.2 Å². The van der Waals surface area contributed by atoms with Gasteiger partial charge in [0, 0.05) is 10.6 Å². The third kappa shape index (κ3) is 6.40. The molecule has 0 radical (unpaired) electrons. The van der Waals surface area contributed by atoms with E-state index in [2.05, 4.69) is 5.32 Å². The van der Waals surface area contributed by atoms with Crippen LogP contribution in [-0.2, 0) is 11.3 Å². The number of carbonyl (C=O) groups excluding carboxylic acids is 1. The Morgan fingerprint density at radius 3 is 2.40 bits per heavy atom. The summed E-state index contributed by atoms with van der Waals surface area (Å²) < 4.78 is 5.44. The normalized spacial score (nSPS) is 13.1. The van der Waals surface area contributed by atoms with Crippen molar-refractivity contribution in [3.63, 3.8) is 0 Å². The van der Waals surface area contributed by atoms with Gasteiger partial charge in [-0.3, -0.25) is 4.79 Å². The van der Waals surface area contributed by atoms with Gasteiger partial charge in [0.15, 0.2) is 6.54 Å². The molecule has 0 saturated carbocycles. The van der Waals surface area contributed by atoms with Crippen LogP contribution in [0.3, 0.4) is 0 Å². The van der Waals surface area contributed by atoms with E-state index >= 15 is 0 Å². The van der Waals surface area contributed by atoms with Gasteiger partial charge in [0.25, 0.3) is 5.91 Å². The lowest BCUT2D eigenvalue weighted by molar-refractivity contribution is -0.885. The van der Waals surface area contributed by atoms with Gasteiger partial charge in [-0.15, -0.1) is 0 Å². The molecule has 1 unspecified atom stereocenters. The predicted octanol–water partition coefficient (Wildman–Crippen LogP) is 2.63. The summed E-state index contributed by atoms with van der Waals surface area (Å²) in [6.45, 7) is 5.81. The van der Waals surface area contributed by atoms with Gasteiger partial charge in [-0.2, -0.15) is 0 Å². The van der Waals surface area contributed by atoms with Crippen molar-refractivity contribution < 1.29 is 14.4 Å². The summed E-state index contributed by atoms with van der Waals surface area (Å²) in [5.41, 5.74) is 2.22. The first-order valence-corrected chi connectivity index (χ1v) is 8.93. The monoisotopic (exact) mass is 361 g/mol. The summed E-state index contributed by atoms with van der Waals surface area (Å²) in [5, 5.41) is 3.73. The molecule has 4 nitrogen and oxygen atoms in total. The highest BCUT2D eigenvalue weighted by atomic mass is 35.5. The molecule has 0 aliphatic carbocycles. The minimum Gasteiger partial charge on any atom is -0.494 e. The maximum Gasteiger partial charge on any atom is 0.275 e. The molecule has 2 rings (SSSR count). The van der Waals surface area contributed by atoms with Crippen LogP contribution in [0.1, 0.15) is 31.0 Å². The number of benzene rings is 2. The number of quaternary nitrogens is 1. The maximum absolute atomic E-state index is 12.3.